The third-order valence-electron chi connectivity index (χ3n) is 3.18. The first-order valence-corrected chi connectivity index (χ1v) is 7.48. The van der Waals surface area contributed by atoms with Gasteiger partial charge in [-0.25, -0.2) is 9.59 Å². The van der Waals surface area contributed by atoms with Gasteiger partial charge in [0.2, 0.25) is 0 Å². The second kappa shape index (κ2) is 6.05. The highest BCUT2D eigenvalue weighted by Crippen LogP contribution is 2.24. The van der Waals surface area contributed by atoms with Crippen LogP contribution in [0.25, 0.3) is 11.0 Å². The minimum Gasteiger partial charge on any atom is -0.465 e. The third-order valence-corrected chi connectivity index (χ3v) is 4.01. The lowest BCUT2D eigenvalue weighted by Crippen LogP contribution is -2.21. The molecule has 0 aliphatic heterocycles. The number of carbonyl (C=O) groups excluding carboxylic acids is 2. The minimum atomic E-state index is -0.739. The molecule has 2 heterocycles. The standard InChI is InChI=1S/C16H11NO5S/c1-21-15(19)10-6-7-23-14(10)17-13(18)11-8-9-4-2-3-5-12(9)22-16(11)20/h2-8H,1H3,(H,17,18). The molecule has 0 unspecified atom stereocenters. The Bertz CT molecular complexity index is 956. The molecule has 0 aliphatic rings. The van der Waals surface area contributed by atoms with Crippen molar-refractivity contribution in [2.24, 2.45) is 0 Å². The van der Waals surface area contributed by atoms with Gasteiger partial charge in [0.25, 0.3) is 5.91 Å². The Morgan fingerprint density at radius 2 is 1.96 bits per heavy atom. The number of carbonyl (C=O) groups is 2. The Morgan fingerprint density at radius 1 is 1.17 bits per heavy atom. The van der Waals surface area contributed by atoms with E-state index in [-0.39, 0.29) is 11.1 Å². The predicted molar refractivity (Wildman–Crippen MR) is 86.1 cm³/mol. The van der Waals surface area contributed by atoms with Gasteiger partial charge in [-0.05, 0) is 23.6 Å². The van der Waals surface area contributed by atoms with Crippen LogP contribution in [-0.2, 0) is 4.74 Å². The average molecular weight is 329 g/mol. The van der Waals surface area contributed by atoms with Gasteiger partial charge in [-0.15, -0.1) is 11.3 Å². The van der Waals surface area contributed by atoms with Crippen molar-refractivity contribution in [1.29, 1.82) is 0 Å². The lowest BCUT2D eigenvalue weighted by Gasteiger charge is -2.05. The monoisotopic (exact) mass is 329 g/mol. The molecule has 3 rings (SSSR count). The van der Waals surface area contributed by atoms with Gasteiger partial charge in [0, 0.05) is 5.39 Å². The van der Waals surface area contributed by atoms with Gasteiger partial charge < -0.3 is 14.5 Å². The number of rotatable bonds is 3. The molecule has 0 aliphatic carbocycles. The van der Waals surface area contributed by atoms with Crippen LogP contribution in [0, 0.1) is 0 Å². The van der Waals surface area contributed by atoms with Crippen LogP contribution < -0.4 is 10.9 Å². The summed E-state index contributed by atoms with van der Waals surface area (Å²) in [5.74, 6) is -1.20. The SMILES string of the molecule is COC(=O)c1ccsc1NC(=O)c1cc2ccccc2oc1=O. The van der Waals surface area contributed by atoms with Crippen LogP contribution in [0.3, 0.4) is 0 Å². The number of fused-ring (bicyclic) bond motifs is 1. The van der Waals surface area contributed by atoms with Gasteiger partial charge in [0.1, 0.15) is 16.1 Å². The summed E-state index contributed by atoms with van der Waals surface area (Å²) in [5, 5.41) is 5.14. The molecule has 23 heavy (non-hydrogen) atoms. The largest absolute Gasteiger partial charge is 0.465 e. The molecule has 0 atom stereocenters. The van der Waals surface area contributed by atoms with Crippen molar-refractivity contribution in [2.45, 2.75) is 0 Å². The van der Waals surface area contributed by atoms with E-state index in [0.29, 0.717) is 16.0 Å². The Labute approximate surface area is 134 Å². The fraction of sp³-hybridized carbons (Fsp3) is 0.0625. The van der Waals surface area contributed by atoms with E-state index >= 15 is 0 Å². The van der Waals surface area contributed by atoms with Crippen molar-refractivity contribution in [1.82, 2.24) is 0 Å². The van der Waals surface area contributed by atoms with Gasteiger partial charge in [-0.2, -0.15) is 0 Å². The summed E-state index contributed by atoms with van der Waals surface area (Å²) in [7, 11) is 1.25. The maximum Gasteiger partial charge on any atom is 0.349 e. The molecule has 0 bridgehead atoms. The van der Waals surface area contributed by atoms with E-state index in [2.05, 4.69) is 10.1 Å². The second-order valence-corrected chi connectivity index (χ2v) is 5.51. The van der Waals surface area contributed by atoms with Crippen LogP contribution in [0.4, 0.5) is 5.00 Å². The number of benzene rings is 1. The number of ether oxygens (including phenoxy) is 1. The van der Waals surface area contributed by atoms with Crippen molar-refractivity contribution >= 4 is 39.2 Å². The van der Waals surface area contributed by atoms with Crippen molar-refractivity contribution < 1.29 is 18.7 Å². The molecule has 0 saturated heterocycles. The molecule has 0 spiro atoms. The van der Waals surface area contributed by atoms with Crippen molar-refractivity contribution in [3.05, 3.63) is 63.3 Å². The molecule has 3 aromatic rings. The zero-order valence-electron chi connectivity index (χ0n) is 12.0. The van der Waals surface area contributed by atoms with Crippen molar-refractivity contribution in [3.63, 3.8) is 0 Å². The Morgan fingerprint density at radius 3 is 2.74 bits per heavy atom. The third kappa shape index (κ3) is 2.86. The molecular formula is C16H11NO5S. The smallest absolute Gasteiger partial charge is 0.349 e. The topological polar surface area (TPSA) is 85.6 Å². The molecule has 6 nitrogen and oxygen atoms in total. The summed E-state index contributed by atoms with van der Waals surface area (Å²) in [6, 6.07) is 9.89. The highest BCUT2D eigenvalue weighted by atomic mass is 32.1. The fourth-order valence-electron chi connectivity index (χ4n) is 2.07. The summed E-state index contributed by atoms with van der Waals surface area (Å²) in [6.45, 7) is 0. The van der Waals surface area contributed by atoms with E-state index in [9.17, 15) is 14.4 Å². The number of amides is 1. The highest BCUT2D eigenvalue weighted by molar-refractivity contribution is 7.14. The van der Waals surface area contributed by atoms with Gasteiger partial charge >= 0.3 is 11.6 Å². The Balaban J connectivity index is 1.95. The zero-order chi connectivity index (χ0) is 16.4. The van der Waals surface area contributed by atoms with Gasteiger partial charge in [-0.3, -0.25) is 4.79 Å². The maximum atomic E-state index is 12.3. The number of nitrogens with one attached hydrogen (secondary N) is 1. The van der Waals surface area contributed by atoms with E-state index in [4.69, 9.17) is 4.42 Å². The molecule has 0 fully saturated rings. The summed E-state index contributed by atoms with van der Waals surface area (Å²) >= 11 is 1.16. The van der Waals surface area contributed by atoms with Crippen LogP contribution in [0.1, 0.15) is 20.7 Å². The van der Waals surface area contributed by atoms with Crippen LogP contribution in [-0.4, -0.2) is 19.0 Å². The number of methoxy groups -OCH3 is 1. The van der Waals surface area contributed by atoms with Crippen LogP contribution >= 0.6 is 11.3 Å². The normalized spacial score (nSPS) is 10.5. The van der Waals surface area contributed by atoms with E-state index in [1.165, 1.54) is 19.2 Å². The number of hydrogen-bond acceptors (Lipinski definition) is 6. The van der Waals surface area contributed by atoms with E-state index in [0.717, 1.165) is 11.3 Å². The summed E-state index contributed by atoms with van der Waals surface area (Å²) in [5.41, 5.74) is -0.234. The van der Waals surface area contributed by atoms with E-state index in [1.807, 2.05) is 0 Å². The number of anilines is 1. The molecule has 1 aromatic carbocycles. The van der Waals surface area contributed by atoms with Crippen LogP contribution in [0.2, 0.25) is 0 Å². The van der Waals surface area contributed by atoms with Crippen molar-refractivity contribution in [3.8, 4) is 0 Å². The molecule has 0 radical (unpaired) electrons. The van der Waals surface area contributed by atoms with Gasteiger partial charge in [0.15, 0.2) is 0 Å². The Hall–Kier alpha value is -2.93. The maximum absolute atomic E-state index is 12.3. The number of thiophene rings is 1. The summed E-state index contributed by atoms with van der Waals surface area (Å²) in [4.78, 5) is 35.9. The summed E-state index contributed by atoms with van der Waals surface area (Å²) < 4.78 is 9.77. The molecule has 116 valence electrons. The lowest BCUT2D eigenvalue weighted by atomic mass is 10.2. The Kier molecular flexibility index (Phi) is 3.94. The first kappa shape index (κ1) is 15.0. The second-order valence-electron chi connectivity index (χ2n) is 4.59. The van der Waals surface area contributed by atoms with E-state index < -0.39 is 17.5 Å². The van der Waals surface area contributed by atoms with Gasteiger partial charge in [0.05, 0.1) is 12.7 Å². The first-order valence-electron chi connectivity index (χ1n) is 6.60. The molecule has 1 N–H and O–H groups in total. The zero-order valence-corrected chi connectivity index (χ0v) is 12.8. The fourth-order valence-corrected chi connectivity index (χ4v) is 2.84. The minimum absolute atomic E-state index is 0.132. The van der Waals surface area contributed by atoms with Crippen LogP contribution in [0.15, 0.2) is 51.0 Å². The van der Waals surface area contributed by atoms with Crippen molar-refractivity contribution in [2.75, 3.05) is 12.4 Å². The molecule has 2 aromatic heterocycles. The average Bonchev–Trinajstić information content (AvgIpc) is 3.01. The number of hydrogen-bond donors (Lipinski definition) is 1. The molecular weight excluding hydrogens is 318 g/mol. The predicted octanol–water partition coefficient (Wildman–Crippen LogP) is 2.89. The first-order chi connectivity index (χ1) is 11.1. The quantitative estimate of drug-likeness (QED) is 0.590. The summed E-state index contributed by atoms with van der Waals surface area (Å²) in [6.07, 6.45) is 0. The molecule has 0 saturated carbocycles. The highest BCUT2D eigenvalue weighted by Gasteiger charge is 2.19. The van der Waals surface area contributed by atoms with Gasteiger partial charge in [-0.1, -0.05) is 18.2 Å². The lowest BCUT2D eigenvalue weighted by molar-refractivity contribution is 0.0602. The molecule has 1 amide bonds. The number of para-hydroxylation sites is 1. The van der Waals surface area contributed by atoms with Crippen LogP contribution in [0.5, 0.6) is 0 Å². The number of esters is 1. The van der Waals surface area contributed by atoms with E-state index in [1.54, 1.807) is 29.6 Å². The molecule has 7 heteroatoms.